The van der Waals surface area contributed by atoms with E-state index in [4.69, 9.17) is 18.9 Å². The van der Waals surface area contributed by atoms with Crippen molar-refractivity contribution in [2.45, 2.75) is 12.6 Å². The van der Waals surface area contributed by atoms with Gasteiger partial charge in [-0.25, -0.2) is 14.6 Å². The fourth-order valence-electron chi connectivity index (χ4n) is 4.68. The van der Waals surface area contributed by atoms with Gasteiger partial charge < -0.3 is 24.3 Å². The van der Waals surface area contributed by atoms with Crippen molar-refractivity contribution < 1.29 is 41.3 Å². The molecule has 242 valence electrons. The second-order valence-corrected chi connectivity index (χ2v) is 10.2. The highest BCUT2D eigenvalue weighted by molar-refractivity contribution is 5.91. The van der Waals surface area contributed by atoms with Gasteiger partial charge in [-0.15, -0.1) is 0 Å². The second kappa shape index (κ2) is 14.9. The second-order valence-electron chi connectivity index (χ2n) is 10.2. The summed E-state index contributed by atoms with van der Waals surface area (Å²) >= 11 is 0. The summed E-state index contributed by atoms with van der Waals surface area (Å²) in [5.41, 5.74) is 2.06. The van der Waals surface area contributed by atoms with E-state index in [1.54, 1.807) is 18.2 Å². The number of anilines is 1. The molecule has 1 saturated heterocycles. The van der Waals surface area contributed by atoms with Crippen LogP contribution < -0.4 is 25.0 Å². The summed E-state index contributed by atoms with van der Waals surface area (Å²) in [5.74, 6) is 0.452. The average Bonchev–Trinajstić information content (AvgIpc) is 3.04. The zero-order valence-electron chi connectivity index (χ0n) is 24.8. The number of carbonyl (C=O) groups excluding carboxylic acids is 1. The smallest absolute Gasteiger partial charge is 0.416 e. The lowest BCUT2D eigenvalue weighted by Gasteiger charge is -2.26. The highest BCUT2D eigenvalue weighted by Crippen LogP contribution is 2.38. The molecular weight excluding hydrogens is 610 g/mol. The number of morpholine rings is 1. The predicted molar refractivity (Wildman–Crippen MR) is 163 cm³/mol. The molecule has 0 radical (unpaired) electrons. The molecule has 0 spiro atoms. The minimum Gasteiger partial charge on any atom is -0.493 e. The van der Waals surface area contributed by atoms with Gasteiger partial charge >= 0.3 is 12.2 Å². The first-order valence-electron chi connectivity index (χ1n) is 14.3. The van der Waals surface area contributed by atoms with Crippen molar-refractivity contribution in [2.24, 2.45) is 5.10 Å². The molecule has 0 saturated carbocycles. The summed E-state index contributed by atoms with van der Waals surface area (Å²) in [5, 5.41) is 6.61. The quantitative estimate of drug-likeness (QED) is 0.0839. The van der Waals surface area contributed by atoms with Crippen LogP contribution in [0.4, 0.5) is 28.0 Å². The highest BCUT2D eigenvalue weighted by Gasteiger charge is 2.30. The SMILES string of the molecule is COc1cc2c(Oc3ccc(NC(=O)N/N=C/c4cccc(C(F)(F)F)c4)cc3F)ccnc2cc1OCCCN1CCOCC1. The molecule has 0 atom stereocenters. The number of halogens is 4. The van der Waals surface area contributed by atoms with E-state index in [9.17, 15) is 18.0 Å². The Kier molecular flexibility index (Phi) is 10.5. The Labute approximate surface area is 261 Å². The molecule has 1 aliphatic heterocycles. The van der Waals surface area contributed by atoms with Gasteiger partial charge in [0, 0.05) is 49.0 Å². The van der Waals surface area contributed by atoms with E-state index in [-0.39, 0.29) is 17.0 Å². The number of hydrogen-bond donors (Lipinski definition) is 2. The number of aromatic nitrogens is 1. The molecule has 2 heterocycles. The standard InChI is InChI=1S/C32H31F4N5O5/c1-43-29-18-24-26(19-30(29)45-13-3-10-41-11-14-44-15-12-41)37-9-8-27(24)46-28-7-6-23(17-25(28)33)39-31(42)40-38-20-21-4-2-5-22(16-21)32(34,35)36/h2,4-9,16-20H,3,10-15H2,1H3,(H2,39,40,42)/b38-20+. The maximum absolute atomic E-state index is 15.0. The molecule has 14 heteroatoms. The van der Waals surface area contributed by atoms with Crippen LogP contribution in [0.2, 0.25) is 0 Å². The molecule has 4 aromatic rings. The lowest BCUT2D eigenvalue weighted by molar-refractivity contribution is -0.137. The Hall–Kier alpha value is -4.95. The number of nitrogens with zero attached hydrogens (tertiary/aromatic N) is 3. The first-order valence-corrected chi connectivity index (χ1v) is 14.3. The van der Waals surface area contributed by atoms with Crippen molar-refractivity contribution in [3.63, 3.8) is 0 Å². The molecule has 2 N–H and O–H groups in total. The van der Waals surface area contributed by atoms with Crippen molar-refractivity contribution in [1.82, 2.24) is 15.3 Å². The normalized spacial score (nSPS) is 13.9. The monoisotopic (exact) mass is 641 g/mol. The number of rotatable bonds is 11. The van der Waals surface area contributed by atoms with Crippen LogP contribution >= 0.6 is 0 Å². The van der Waals surface area contributed by atoms with Crippen LogP contribution in [0.25, 0.3) is 10.9 Å². The lowest BCUT2D eigenvalue weighted by Crippen LogP contribution is -2.37. The van der Waals surface area contributed by atoms with E-state index in [1.165, 1.54) is 37.6 Å². The van der Waals surface area contributed by atoms with Gasteiger partial charge in [-0.2, -0.15) is 18.3 Å². The fraction of sp³-hybridized carbons (Fsp3) is 0.281. The number of amides is 2. The lowest BCUT2D eigenvalue weighted by atomic mass is 10.1. The van der Waals surface area contributed by atoms with Crippen LogP contribution in [-0.4, -0.2) is 68.7 Å². The van der Waals surface area contributed by atoms with Gasteiger partial charge in [0.25, 0.3) is 0 Å². The summed E-state index contributed by atoms with van der Waals surface area (Å²) < 4.78 is 76.4. The zero-order chi connectivity index (χ0) is 32.5. The fourth-order valence-corrected chi connectivity index (χ4v) is 4.68. The van der Waals surface area contributed by atoms with Gasteiger partial charge in [0.05, 0.1) is 44.2 Å². The van der Waals surface area contributed by atoms with Crippen LogP contribution in [-0.2, 0) is 10.9 Å². The zero-order valence-corrected chi connectivity index (χ0v) is 24.8. The van der Waals surface area contributed by atoms with Crippen molar-refractivity contribution in [1.29, 1.82) is 0 Å². The number of nitrogens with one attached hydrogen (secondary N) is 2. The van der Waals surface area contributed by atoms with Crippen LogP contribution in [0.15, 0.2) is 72.0 Å². The number of carbonyl (C=O) groups is 1. The molecule has 0 aliphatic carbocycles. The first-order chi connectivity index (χ1) is 22.2. The molecule has 3 aromatic carbocycles. The summed E-state index contributed by atoms with van der Waals surface area (Å²) in [6, 6.07) is 12.5. The maximum Gasteiger partial charge on any atom is 0.416 e. The third kappa shape index (κ3) is 8.61. The van der Waals surface area contributed by atoms with Crippen LogP contribution in [0.3, 0.4) is 0 Å². The minimum atomic E-state index is -4.51. The van der Waals surface area contributed by atoms with Crippen molar-refractivity contribution in [3.8, 4) is 23.0 Å². The number of methoxy groups -OCH3 is 1. The average molecular weight is 642 g/mol. The maximum atomic E-state index is 15.0. The van der Waals surface area contributed by atoms with E-state index in [0.717, 1.165) is 63.7 Å². The van der Waals surface area contributed by atoms with Crippen molar-refractivity contribution in [2.75, 3.05) is 51.9 Å². The third-order valence-electron chi connectivity index (χ3n) is 6.97. The molecule has 1 fully saturated rings. The van der Waals surface area contributed by atoms with Crippen LogP contribution in [0.1, 0.15) is 17.5 Å². The number of hydrogen-bond acceptors (Lipinski definition) is 8. The summed E-state index contributed by atoms with van der Waals surface area (Å²) in [6.07, 6.45) is -1.09. The van der Waals surface area contributed by atoms with Gasteiger partial charge in [-0.05, 0) is 48.4 Å². The molecule has 0 bridgehead atoms. The number of ether oxygens (including phenoxy) is 4. The van der Waals surface area contributed by atoms with Gasteiger partial charge in [0.1, 0.15) is 5.75 Å². The van der Waals surface area contributed by atoms with Crippen LogP contribution in [0, 0.1) is 5.82 Å². The van der Waals surface area contributed by atoms with Gasteiger partial charge in [0.15, 0.2) is 23.1 Å². The van der Waals surface area contributed by atoms with E-state index < -0.39 is 23.6 Å². The molecule has 10 nitrogen and oxygen atoms in total. The van der Waals surface area contributed by atoms with Gasteiger partial charge in [-0.1, -0.05) is 12.1 Å². The Morgan fingerprint density at radius 3 is 2.63 bits per heavy atom. The van der Waals surface area contributed by atoms with Crippen molar-refractivity contribution in [3.05, 3.63) is 83.8 Å². The Balaban J connectivity index is 1.19. The first kappa shape index (κ1) is 32.4. The number of fused-ring (bicyclic) bond motifs is 1. The number of benzene rings is 3. The van der Waals surface area contributed by atoms with E-state index in [2.05, 4.69) is 25.7 Å². The number of hydrazone groups is 1. The van der Waals surface area contributed by atoms with Crippen molar-refractivity contribution >= 4 is 28.8 Å². The number of urea groups is 1. The molecule has 46 heavy (non-hydrogen) atoms. The Morgan fingerprint density at radius 1 is 1.04 bits per heavy atom. The summed E-state index contributed by atoms with van der Waals surface area (Å²) in [6.45, 7) is 4.68. The molecule has 5 rings (SSSR count). The highest BCUT2D eigenvalue weighted by atomic mass is 19.4. The number of pyridine rings is 1. The minimum absolute atomic E-state index is 0.0910. The topological polar surface area (TPSA) is 107 Å². The summed E-state index contributed by atoms with van der Waals surface area (Å²) in [4.78, 5) is 18.9. The molecular formula is C32H31F4N5O5. The molecule has 1 aromatic heterocycles. The molecule has 0 unspecified atom stereocenters. The van der Waals surface area contributed by atoms with Gasteiger partial charge in [0.2, 0.25) is 0 Å². The van der Waals surface area contributed by atoms with E-state index in [0.29, 0.717) is 34.8 Å². The summed E-state index contributed by atoms with van der Waals surface area (Å²) in [7, 11) is 1.52. The third-order valence-corrected chi connectivity index (χ3v) is 6.97. The van der Waals surface area contributed by atoms with Gasteiger partial charge in [-0.3, -0.25) is 9.88 Å². The van der Waals surface area contributed by atoms with Crippen LogP contribution in [0.5, 0.6) is 23.0 Å². The van der Waals surface area contributed by atoms with E-state index in [1.807, 2.05) is 0 Å². The predicted octanol–water partition coefficient (Wildman–Crippen LogP) is 6.45. The number of alkyl halides is 3. The Bertz CT molecular complexity index is 1700. The largest absolute Gasteiger partial charge is 0.493 e. The Morgan fingerprint density at radius 2 is 1.87 bits per heavy atom. The van der Waals surface area contributed by atoms with E-state index >= 15 is 4.39 Å². The molecule has 2 amide bonds. The molecule has 1 aliphatic rings.